The predicted octanol–water partition coefficient (Wildman–Crippen LogP) is 2.62. The molecule has 19 heavy (non-hydrogen) atoms. The van der Waals surface area contributed by atoms with Crippen LogP contribution in [0.25, 0.3) is 0 Å². The van der Waals surface area contributed by atoms with Crippen LogP contribution >= 0.6 is 11.6 Å². The molecule has 0 radical (unpaired) electrons. The van der Waals surface area contributed by atoms with Crippen molar-refractivity contribution in [3.63, 3.8) is 0 Å². The number of ether oxygens (including phenoxy) is 2. The molecule has 1 aromatic carbocycles. The molecule has 0 atom stereocenters. The molecule has 1 rings (SSSR count). The van der Waals surface area contributed by atoms with Gasteiger partial charge in [0.15, 0.2) is 5.92 Å². The molecule has 0 N–H and O–H groups in total. The molecule has 0 unspecified atom stereocenters. The largest absolute Gasteiger partial charge is 0.465 e. The van der Waals surface area contributed by atoms with Gasteiger partial charge in [-0.2, -0.15) is 0 Å². The highest BCUT2D eigenvalue weighted by Gasteiger charge is 2.29. The van der Waals surface area contributed by atoms with E-state index in [-0.39, 0.29) is 19.6 Å². The lowest BCUT2D eigenvalue weighted by molar-refractivity contribution is -0.161. The Bertz CT molecular complexity index is 427. The molecule has 0 aliphatic carbocycles. The van der Waals surface area contributed by atoms with Gasteiger partial charge in [0, 0.05) is 5.02 Å². The van der Waals surface area contributed by atoms with Gasteiger partial charge in [-0.1, -0.05) is 23.7 Å². The first kappa shape index (κ1) is 15.5. The second kappa shape index (κ2) is 7.79. The van der Waals surface area contributed by atoms with Crippen LogP contribution in [-0.4, -0.2) is 25.2 Å². The van der Waals surface area contributed by atoms with Gasteiger partial charge in [0.25, 0.3) is 0 Å². The zero-order chi connectivity index (χ0) is 14.3. The third kappa shape index (κ3) is 4.91. The zero-order valence-electron chi connectivity index (χ0n) is 11.0. The average molecular weight is 285 g/mol. The highest BCUT2D eigenvalue weighted by molar-refractivity contribution is 6.30. The van der Waals surface area contributed by atoms with E-state index in [0.29, 0.717) is 5.02 Å². The molecule has 1 aromatic rings. The van der Waals surface area contributed by atoms with Crippen LogP contribution in [0.1, 0.15) is 19.4 Å². The number of rotatable bonds is 6. The van der Waals surface area contributed by atoms with E-state index in [4.69, 9.17) is 21.1 Å². The van der Waals surface area contributed by atoms with Gasteiger partial charge in [-0.15, -0.1) is 0 Å². The lowest BCUT2D eigenvalue weighted by Crippen LogP contribution is -2.30. The summed E-state index contributed by atoms with van der Waals surface area (Å²) in [6, 6.07) is 7.02. The van der Waals surface area contributed by atoms with E-state index in [1.807, 2.05) is 0 Å². The van der Waals surface area contributed by atoms with E-state index >= 15 is 0 Å². The molecular weight excluding hydrogens is 268 g/mol. The summed E-state index contributed by atoms with van der Waals surface area (Å²) in [5.41, 5.74) is 0.790. The van der Waals surface area contributed by atoms with Crippen molar-refractivity contribution >= 4 is 23.5 Å². The number of benzene rings is 1. The molecule has 0 aromatic heterocycles. The second-order valence-electron chi connectivity index (χ2n) is 3.89. The molecular formula is C14H17ClO4. The summed E-state index contributed by atoms with van der Waals surface area (Å²) in [6.45, 7) is 3.84. The first-order valence-electron chi connectivity index (χ1n) is 6.16. The van der Waals surface area contributed by atoms with E-state index in [2.05, 4.69) is 0 Å². The SMILES string of the molecule is CCOC(=O)C(Cc1cccc(Cl)c1)C(=O)OCC. The Balaban J connectivity index is 2.84. The number of esters is 2. The van der Waals surface area contributed by atoms with Crippen molar-refractivity contribution < 1.29 is 19.1 Å². The molecule has 0 aliphatic rings. The minimum atomic E-state index is -0.946. The first-order valence-corrected chi connectivity index (χ1v) is 6.54. The van der Waals surface area contributed by atoms with Crippen LogP contribution in [0.3, 0.4) is 0 Å². The summed E-state index contributed by atoms with van der Waals surface area (Å²) >= 11 is 5.88. The molecule has 0 heterocycles. The number of carbonyl (C=O) groups excluding carboxylic acids is 2. The summed E-state index contributed by atoms with van der Waals surface area (Å²) in [7, 11) is 0. The first-order chi connectivity index (χ1) is 9.08. The van der Waals surface area contributed by atoms with E-state index in [9.17, 15) is 9.59 Å². The number of carbonyl (C=O) groups is 2. The topological polar surface area (TPSA) is 52.6 Å². The third-order valence-electron chi connectivity index (χ3n) is 2.47. The molecule has 5 heteroatoms. The van der Waals surface area contributed by atoms with Crippen LogP contribution in [-0.2, 0) is 25.5 Å². The predicted molar refractivity (Wildman–Crippen MR) is 71.9 cm³/mol. The molecule has 0 spiro atoms. The molecule has 0 saturated heterocycles. The fraction of sp³-hybridized carbons (Fsp3) is 0.429. The van der Waals surface area contributed by atoms with Gasteiger partial charge >= 0.3 is 11.9 Å². The minimum Gasteiger partial charge on any atom is -0.465 e. The van der Waals surface area contributed by atoms with Crippen LogP contribution in [0.4, 0.5) is 0 Å². The fourth-order valence-electron chi connectivity index (χ4n) is 1.65. The molecule has 0 fully saturated rings. The lowest BCUT2D eigenvalue weighted by Gasteiger charge is -2.14. The average Bonchev–Trinajstić information content (AvgIpc) is 2.36. The number of hydrogen-bond acceptors (Lipinski definition) is 4. The van der Waals surface area contributed by atoms with Gasteiger partial charge in [0.05, 0.1) is 13.2 Å². The number of hydrogen-bond donors (Lipinski definition) is 0. The van der Waals surface area contributed by atoms with Gasteiger partial charge in [-0.25, -0.2) is 0 Å². The van der Waals surface area contributed by atoms with Crippen molar-refractivity contribution in [2.75, 3.05) is 13.2 Å². The summed E-state index contributed by atoms with van der Waals surface area (Å²) in [5, 5.41) is 0.559. The van der Waals surface area contributed by atoms with Crippen LogP contribution in [0.15, 0.2) is 24.3 Å². The third-order valence-corrected chi connectivity index (χ3v) is 2.71. The summed E-state index contributed by atoms with van der Waals surface area (Å²) < 4.78 is 9.80. The van der Waals surface area contributed by atoms with Crippen molar-refractivity contribution in [1.29, 1.82) is 0 Å². The van der Waals surface area contributed by atoms with Crippen molar-refractivity contribution in [1.82, 2.24) is 0 Å². The standard InChI is InChI=1S/C14H17ClO4/c1-3-18-13(16)12(14(17)19-4-2)9-10-6-5-7-11(15)8-10/h5-8,12H,3-4,9H2,1-2H3. The highest BCUT2D eigenvalue weighted by Crippen LogP contribution is 2.16. The van der Waals surface area contributed by atoms with Crippen molar-refractivity contribution in [2.45, 2.75) is 20.3 Å². The van der Waals surface area contributed by atoms with Crippen LogP contribution in [0, 0.1) is 5.92 Å². The Kier molecular flexibility index (Phi) is 6.36. The van der Waals surface area contributed by atoms with E-state index in [0.717, 1.165) is 5.56 Å². The zero-order valence-corrected chi connectivity index (χ0v) is 11.8. The maximum absolute atomic E-state index is 11.8. The monoisotopic (exact) mass is 284 g/mol. The molecule has 0 aliphatic heterocycles. The van der Waals surface area contributed by atoms with E-state index < -0.39 is 17.9 Å². The maximum atomic E-state index is 11.8. The van der Waals surface area contributed by atoms with E-state index in [1.165, 1.54) is 0 Å². The Morgan fingerprint density at radius 2 is 1.74 bits per heavy atom. The van der Waals surface area contributed by atoms with Crippen LogP contribution in [0.5, 0.6) is 0 Å². The van der Waals surface area contributed by atoms with Gasteiger partial charge in [-0.3, -0.25) is 9.59 Å². The maximum Gasteiger partial charge on any atom is 0.320 e. The molecule has 0 bridgehead atoms. The molecule has 104 valence electrons. The number of halogens is 1. The molecule has 0 saturated carbocycles. The Morgan fingerprint density at radius 3 is 2.21 bits per heavy atom. The van der Waals surface area contributed by atoms with Crippen molar-refractivity contribution in [3.8, 4) is 0 Å². The summed E-state index contributed by atoms with van der Waals surface area (Å²) in [5.74, 6) is -2.08. The fourth-order valence-corrected chi connectivity index (χ4v) is 1.86. The van der Waals surface area contributed by atoms with Crippen molar-refractivity contribution in [2.24, 2.45) is 5.92 Å². The smallest absolute Gasteiger partial charge is 0.320 e. The van der Waals surface area contributed by atoms with Gasteiger partial charge in [-0.05, 0) is 38.0 Å². The normalized spacial score (nSPS) is 10.3. The van der Waals surface area contributed by atoms with Gasteiger partial charge < -0.3 is 9.47 Å². The Hall–Kier alpha value is -1.55. The quantitative estimate of drug-likeness (QED) is 0.595. The lowest BCUT2D eigenvalue weighted by atomic mass is 9.99. The summed E-state index contributed by atoms with van der Waals surface area (Å²) in [6.07, 6.45) is 0.220. The molecule has 4 nitrogen and oxygen atoms in total. The van der Waals surface area contributed by atoms with Crippen molar-refractivity contribution in [3.05, 3.63) is 34.9 Å². The van der Waals surface area contributed by atoms with Crippen LogP contribution < -0.4 is 0 Å². The Labute approximate surface area is 117 Å². The van der Waals surface area contributed by atoms with Gasteiger partial charge in [0.1, 0.15) is 0 Å². The minimum absolute atomic E-state index is 0.220. The molecule has 0 amide bonds. The van der Waals surface area contributed by atoms with Crippen LogP contribution in [0.2, 0.25) is 5.02 Å². The summed E-state index contributed by atoms with van der Waals surface area (Å²) in [4.78, 5) is 23.6. The highest BCUT2D eigenvalue weighted by atomic mass is 35.5. The Morgan fingerprint density at radius 1 is 1.16 bits per heavy atom. The van der Waals surface area contributed by atoms with E-state index in [1.54, 1.807) is 38.1 Å². The van der Waals surface area contributed by atoms with Gasteiger partial charge in [0.2, 0.25) is 0 Å². The second-order valence-corrected chi connectivity index (χ2v) is 4.33.